The standard InChI is InChI=1S/C26H25N5O3/c1-15-16-6-2-4-8-18(16)20(19-9-5-3-7-17(15)19)11-27-25-24-26(29-13-28-25)31(14-30-24)23-10-21(33)22(12-32)34-23/h2-9,13-14,21-23,32-33H,10-12H2,1H3,(H,27,28,29)/t21-,22+,23+/m0/s1. The predicted octanol–water partition coefficient (Wildman–Crippen LogP) is 3.69. The molecule has 1 aliphatic rings. The van der Waals surface area contributed by atoms with Crippen molar-refractivity contribution in [1.82, 2.24) is 19.5 Å². The summed E-state index contributed by atoms with van der Waals surface area (Å²) in [6.07, 6.45) is 1.75. The number of fused-ring (bicyclic) bond motifs is 3. The van der Waals surface area contributed by atoms with Gasteiger partial charge >= 0.3 is 0 Å². The Labute approximate surface area is 195 Å². The monoisotopic (exact) mass is 455 g/mol. The fourth-order valence-corrected chi connectivity index (χ4v) is 5.04. The molecule has 0 aliphatic carbocycles. The Bertz CT molecular complexity index is 1460. The molecular weight excluding hydrogens is 430 g/mol. The van der Waals surface area contributed by atoms with Gasteiger partial charge in [0.15, 0.2) is 17.0 Å². The van der Waals surface area contributed by atoms with E-state index in [1.807, 2.05) is 0 Å². The number of benzene rings is 3. The number of nitrogens with one attached hydrogen (secondary N) is 1. The number of nitrogens with zero attached hydrogens (tertiary/aromatic N) is 4. The Kier molecular flexibility index (Phi) is 5.13. The van der Waals surface area contributed by atoms with Gasteiger partial charge < -0.3 is 20.3 Å². The van der Waals surface area contributed by atoms with E-state index in [-0.39, 0.29) is 6.61 Å². The van der Waals surface area contributed by atoms with Crippen molar-refractivity contribution in [3.63, 3.8) is 0 Å². The molecule has 3 atom stereocenters. The maximum atomic E-state index is 10.1. The average Bonchev–Trinajstić information content (AvgIpc) is 3.47. The van der Waals surface area contributed by atoms with E-state index in [1.165, 1.54) is 39.0 Å². The van der Waals surface area contributed by atoms with Crippen LogP contribution in [0.5, 0.6) is 0 Å². The Morgan fingerprint density at radius 3 is 2.32 bits per heavy atom. The van der Waals surface area contributed by atoms with Crippen LogP contribution in [0.3, 0.4) is 0 Å². The normalized spacial score (nSPS) is 20.5. The zero-order valence-corrected chi connectivity index (χ0v) is 18.7. The van der Waals surface area contributed by atoms with Gasteiger partial charge in [0.1, 0.15) is 18.7 Å². The summed E-state index contributed by atoms with van der Waals surface area (Å²) in [7, 11) is 0. The molecule has 1 fully saturated rings. The Hall–Kier alpha value is -3.59. The van der Waals surface area contributed by atoms with E-state index in [0.29, 0.717) is 29.9 Å². The first-order valence-electron chi connectivity index (χ1n) is 11.4. The summed E-state index contributed by atoms with van der Waals surface area (Å²) in [4.78, 5) is 13.4. The number of aryl methyl sites for hydroxylation is 1. The molecule has 0 spiro atoms. The van der Waals surface area contributed by atoms with E-state index < -0.39 is 18.4 Å². The van der Waals surface area contributed by atoms with Gasteiger partial charge in [0, 0.05) is 13.0 Å². The molecule has 172 valence electrons. The van der Waals surface area contributed by atoms with E-state index in [1.54, 1.807) is 10.9 Å². The van der Waals surface area contributed by atoms with Gasteiger partial charge in [0.05, 0.1) is 19.0 Å². The van der Waals surface area contributed by atoms with Gasteiger partial charge in [0.25, 0.3) is 0 Å². The van der Waals surface area contributed by atoms with Gasteiger partial charge in [-0.2, -0.15) is 0 Å². The molecule has 3 N–H and O–H groups in total. The molecule has 2 aromatic heterocycles. The minimum absolute atomic E-state index is 0.232. The molecule has 0 bridgehead atoms. The van der Waals surface area contributed by atoms with E-state index in [2.05, 4.69) is 75.7 Å². The van der Waals surface area contributed by atoms with Gasteiger partial charge in [-0.1, -0.05) is 48.5 Å². The molecule has 0 saturated carbocycles. The Morgan fingerprint density at radius 1 is 1.00 bits per heavy atom. The van der Waals surface area contributed by atoms with Crippen molar-refractivity contribution in [2.24, 2.45) is 0 Å². The van der Waals surface area contributed by atoms with Crippen molar-refractivity contribution in [1.29, 1.82) is 0 Å². The number of rotatable bonds is 5. The van der Waals surface area contributed by atoms with Crippen LogP contribution in [0.4, 0.5) is 5.82 Å². The number of aliphatic hydroxyl groups excluding tert-OH is 2. The number of aromatic nitrogens is 4. The first-order valence-corrected chi connectivity index (χ1v) is 11.4. The van der Waals surface area contributed by atoms with Gasteiger partial charge in [-0.15, -0.1) is 0 Å². The molecule has 0 amide bonds. The number of hydrogen-bond acceptors (Lipinski definition) is 7. The van der Waals surface area contributed by atoms with Crippen molar-refractivity contribution in [3.8, 4) is 0 Å². The number of hydrogen-bond donors (Lipinski definition) is 3. The van der Waals surface area contributed by atoms with E-state index >= 15 is 0 Å². The van der Waals surface area contributed by atoms with Crippen LogP contribution < -0.4 is 5.32 Å². The Morgan fingerprint density at radius 2 is 1.68 bits per heavy atom. The molecule has 34 heavy (non-hydrogen) atoms. The van der Waals surface area contributed by atoms with Crippen molar-refractivity contribution in [3.05, 3.63) is 72.3 Å². The lowest BCUT2D eigenvalue weighted by molar-refractivity contribution is -0.0432. The molecule has 1 aliphatic heterocycles. The van der Waals surface area contributed by atoms with Crippen LogP contribution in [0.2, 0.25) is 0 Å². The van der Waals surface area contributed by atoms with E-state index in [0.717, 1.165) is 0 Å². The quantitative estimate of drug-likeness (QED) is 0.347. The van der Waals surface area contributed by atoms with Gasteiger partial charge in [-0.05, 0) is 39.6 Å². The van der Waals surface area contributed by atoms with Gasteiger partial charge in [-0.3, -0.25) is 4.57 Å². The van der Waals surface area contributed by atoms with Gasteiger partial charge in [0.2, 0.25) is 0 Å². The summed E-state index contributed by atoms with van der Waals surface area (Å²) in [6.45, 7) is 2.52. The van der Waals surface area contributed by atoms with E-state index in [4.69, 9.17) is 4.74 Å². The number of ether oxygens (including phenoxy) is 1. The molecule has 5 aromatic rings. The first-order chi connectivity index (χ1) is 16.7. The predicted molar refractivity (Wildman–Crippen MR) is 130 cm³/mol. The third kappa shape index (κ3) is 3.30. The second-order valence-electron chi connectivity index (χ2n) is 8.71. The second-order valence-corrected chi connectivity index (χ2v) is 8.71. The van der Waals surface area contributed by atoms with Crippen LogP contribution in [0.25, 0.3) is 32.7 Å². The van der Waals surface area contributed by atoms with E-state index in [9.17, 15) is 10.2 Å². The summed E-state index contributed by atoms with van der Waals surface area (Å²) < 4.78 is 7.58. The molecule has 0 radical (unpaired) electrons. The van der Waals surface area contributed by atoms with Crippen LogP contribution in [0.15, 0.2) is 61.2 Å². The molecule has 1 saturated heterocycles. The average molecular weight is 456 g/mol. The van der Waals surface area contributed by atoms with Gasteiger partial charge in [-0.25, -0.2) is 15.0 Å². The maximum absolute atomic E-state index is 10.1. The minimum Gasteiger partial charge on any atom is -0.394 e. The zero-order chi connectivity index (χ0) is 23.2. The number of imidazole rings is 1. The lowest BCUT2D eigenvalue weighted by atomic mass is 9.92. The minimum atomic E-state index is -0.727. The Balaban J connectivity index is 1.37. The van der Waals surface area contributed by atoms with Crippen LogP contribution in [0, 0.1) is 6.92 Å². The molecule has 3 heterocycles. The summed E-state index contributed by atoms with van der Waals surface area (Å²) in [5.74, 6) is 0.634. The highest BCUT2D eigenvalue weighted by molar-refractivity contribution is 6.05. The first kappa shape index (κ1) is 21.0. The molecule has 3 aromatic carbocycles. The van der Waals surface area contributed by atoms with Crippen LogP contribution >= 0.6 is 0 Å². The van der Waals surface area contributed by atoms with Crippen LogP contribution in [-0.4, -0.2) is 48.5 Å². The largest absolute Gasteiger partial charge is 0.394 e. The summed E-state index contributed by atoms with van der Waals surface area (Å²) in [6, 6.07) is 16.9. The van der Waals surface area contributed by atoms with Crippen LogP contribution in [0.1, 0.15) is 23.8 Å². The molecule has 8 nitrogen and oxygen atoms in total. The second kappa shape index (κ2) is 8.32. The van der Waals surface area contributed by atoms with Crippen molar-refractivity contribution < 1.29 is 14.9 Å². The molecular formula is C26H25N5O3. The highest BCUT2D eigenvalue weighted by Crippen LogP contribution is 2.34. The fourth-order valence-electron chi connectivity index (χ4n) is 5.04. The highest BCUT2D eigenvalue weighted by Gasteiger charge is 2.35. The topological polar surface area (TPSA) is 105 Å². The van der Waals surface area contributed by atoms with Crippen molar-refractivity contribution in [2.45, 2.75) is 38.3 Å². The summed E-state index contributed by atoms with van der Waals surface area (Å²) in [5, 5.41) is 27.9. The van der Waals surface area contributed by atoms with Crippen molar-refractivity contribution in [2.75, 3.05) is 11.9 Å². The fraction of sp³-hybridized carbons (Fsp3) is 0.269. The van der Waals surface area contributed by atoms with Crippen molar-refractivity contribution >= 4 is 38.5 Å². The maximum Gasteiger partial charge on any atom is 0.167 e. The zero-order valence-electron chi connectivity index (χ0n) is 18.7. The summed E-state index contributed by atoms with van der Waals surface area (Å²) in [5.41, 5.74) is 3.73. The lowest BCUT2D eigenvalue weighted by Crippen LogP contribution is -2.24. The molecule has 0 unspecified atom stereocenters. The molecule has 8 heteroatoms. The summed E-state index contributed by atoms with van der Waals surface area (Å²) >= 11 is 0. The lowest BCUT2D eigenvalue weighted by Gasteiger charge is -2.16. The highest BCUT2D eigenvalue weighted by atomic mass is 16.5. The third-order valence-electron chi connectivity index (χ3n) is 6.80. The van der Waals surface area contributed by atoms with Crippen LogP contribution in [-0.2, 0) is 11.3 Å². The number of aliphatic hydroxyl groups is 2. The SMILES string of the molecule is Cc1c2ccccc2c(CNc2ncnc3c2ncn3[C@H]2C[C@H](O)[C@@H](CO)O2)c2ccccc12. The smallest absolute Gasteiger partial charge is 0.167 e. The molecule has 6 rings (SSSR count). The third-order valence-corrected chi connectivity index (χ3v) is 6.80. The number of anilines is 1.